The van der Waals surface area contributed by atoms with Crippen LogP contribution < -0.4 is 0 Å². The summed E-state index contributed by atoms with van der Waals surface area (Å²) in [7, 11) is -8.63. The van der Waals surface area contributed by atoms with Gasteiger partial charge in [-0.1, -0.05) is 0 Å². The number of phosphoric ester groups is 1. The molecule has 2 N–H and O–H groups in total. The van der Waals surface area contributed by atoms with Gasteiger partial charge in [0, 0.05) is 12.4 Å². The summed E-state index contributed by atoms with van der Waals surface area (Å²) in [5.74, 6) is 0. The van der Waals surface area contributed by atoms with Crippen molar-refractivity contribution < 1.29 is 55.5 Å². The van der Waals surface area contributed by atoms with Crippen molar-refractivity contribution in [2.75, 3.05) is 19.8 Å². The number of aliphatic hydroxyl groups excluding tert-OH is 1. The van der Waals surface area contributed by atoms with Gasteiger partial charge >= 0.3 is 16.1 Å². The number of rotatable bonds is 13. The molecule has 5 aromatic heterocycles. The second kappa shape index (κ2) is 14.0. The number of halogens is 2. The van der Waals surface area contributed by atoms with Crippen LogP contribution in [0.5, 0.6) is 0 Å². The number of nitrogens with zero attached hydrogens (tertiary/aromatic N) is 10. The number of fused-ring (bicyclic) bond motifs is 4. The number of imidazole rings is 3. The van der Waals surface area contributed by atoms with Gasteiger partial charge in [0.15, 0.2) is 47.3 Å². The van der Waals surface area contributed by atoms with Gasteiger partial charge in [-0.15, -0.1) is 0 Å². The molecule has 20 nitrogen and oxygen atoms in total. The lowest BCUT2D eigenvalue weighted by Crippen LogP contribution is -2.35. The molecule has 0 bridgehead atoms. The van der Waals surface area contributed by atoms with Crippen LogP contribution in [0.25, 0.3) is 28.0 Å². The van der Waals surface area contributed by atoms with Crippen molar-refractivity contribution in [1.29, 1.82) is 5.26 Å². The molecule has 0 aliphatic carbocycles. The highest BCUT2D eigenvalue weighted by Gasteiger charge is 2.53. The first-order valence-corrected chi connectivity index (χ1v) is 17.7. The maximum absolute atomic E-state index is 16.1. The summed E-state index contributed by atoms with van der Waals surface area (Å²) in [6, 6.07) is 1.79. The molecule has 7 rings (SSSR count). The van der Waals surface area contributed by atoms with E-state index in [0.29, 0.717) is 22.4 Å². The fraction of sp³-hybridized carbons (Fsp3) is 0.500. The molecule has 266 valence electrons. The van der Waals surface area contributed by atoms with E-state index >= 15 is 8.78 Å². The molecule has 0 radical (unpaired) electrons. The van der Waals surface area contributed by atoms with Crippen molar-refractivity contribution in [1.82, 2.24) is 43.4 Å². The third kappa shape index (κ3) is 6.30. The highest BCUT2D eigenvalue weighted by molar-refractivity contribution is 7.48. The molecule has 50 heavy (non-hydrogen) atoms. The van der Waals surface area contributed by atoms with Crippen LogP contribution in [0.15, 0.2) is 37.7 Å². The first-order valence-electron chi connectivity index (χ1n) is 14.9. The Morgan fingerprint density at radius 3 is 2.38 bits per heavy atom. The number of aliphatic hydroxyl groups is 1. The van der Waals surface area contributed by atoms with Crippen LogP contribution in [0.1, 0.15) is 24.6 Å². The summed E-state index contributed by atoms with van der Waals surface area (Å²) in [5.41, 5.74) is 2.04. The zero-order chi connectivity index (χ0) is 35.2. The number of alkyl halides is 2. The number of ether oxygens (including phenoxy) is 2. The van der Waals surface area contributed by atoms with E-state index in [-0.39, 0.29) is 17.7 Å². The standard InChI is InChI=1S/C26H28F2N10O10P2/c1-13-18-23(32-9-31-13)37(11-33-18)26-17(28)21(14(7-39)45-26)48-50(42,43-6-2-3-29)44-8-15-20(47-49(40)41)16(27)25(46-15)38-12-34-19-22-30-4-5-36(22)10-35-24(19)38/h4-5,9-12,14-17,20-21,25-26,39,49H,2,6-8H2,1H3,(H,40,41)/t14-,15-,16-,17-,20-,21-,25-,26-,50?/m1/s1. The van der Waals surface area contributed by atoms with Crippen LogP contribution in [0.4, 0.5) is 8.78 Å². The van der Waals surface area contributed by atoms with E-state index in [2.05, 4.69) is 29.9 Å². The van der Waals surface area contributed by atoms with Crippen LogP contribution in [0, 0.1) is 18.3 Å². The van der Waals surface area contributed by atoms with Crippen LogP contribution in [0.2, 0.25) is 0 Å². The van der Waals surface area contributed by atoms with Crippen molar-refractivity contribution in [3.05, 3.63) is 43.4 Å². The summed E-state index contributed by atoms with van der Waals surface area (Å²) in [5, 5.41) is 19.1. The second-order valence-corrected chi connectivity index (χ2v) is 13.5. The van der Waals surface area contributed by atoms with Crippen molar-refractivity contribution in [3.63, 3.8) is 0 Å². The van der Waals surface area contributed by atoms with Crippen molar-refractivity contribution in [2.24, 2.45) is 0 Å². The van der Waals surface area contributed by atoms with Crippen LogP contribution in [0.3, 0.4) is 0 Å². The van der Waals surface area contributed by atoms with Gasteiger partial charge in [-0.25, -0.2) is 43.2 Å². The molecule has 2 aliphatic rings. The first kappa shape index (κ1) is 34.6. The Morgan fingerprint density at radius 1 is 0.960 bits per heavy atom. The van der Waals surface area contributed by atoms with Gasteiger partial charge in [0.1, 0.15) is 42.6 Å². The van der Waals surface area contributed by atoms with Crippen molar-refractivity contribution in [2.45, 2.75) is 62.6 Å². The Balaban J connectivity index is 1.13. The second-order valence-electron chi connectivity index (χ2n) is 11.1. The maximum atomic E-state index is 16.1. The lowest BCUT2D eigenvalue weighted by molar-refractivity contribution is -0.0575. The summed E-state index contributed by atoms with van der Waals surface area (Å²) in [6.07, 6.45) is -5.48. The molecule has 0 aromatic carbocycles. The fourth-order valence-electron chi connectivity index (χ4n) is 5.80. The monoisotopic (exact) mass is 740 g/mol. The third-order valence-electron chi connectivity index (χ3n) is 8.10. The number of aromatic nitrogens is 9. The molecular formula is C26H28F2N10O10P2. The minimum Gasteiger partial charge on any atom is -0.394 e. The quantitative estimate of drug-likeness (QED) is 0.129. The molecule has 2 fully saturated rings. The number of hydrogen-bond acceptors (Lipinski definition) is 16. The molecule has 5 aromatic rings. The molecule has 24 heteroatoms. The zero-order valence-corrected chi connectivity index (χ0v) is 27.6. The summed E-state index contributed by atoms with van der Waals surface area (Å²) < 4.78 is 94.8. The van der Waals surface area contributed by atoms with Crippen LogP contribution in [-0.2, 0) is 36.7 Å². The Labute approximate surface area is 280 Å². The largest absolute Gasteiger partial charge is 0.475 e. The smallest absolute Gasteiger partial charge is 0.394 e. The molecule has 10 atom stereocenters. The van der Waals surface area contributed by atoms with E-state index in [4.69, 9.17) is 32.8 Å². The van der Waals surface area contributed by atoms with E-state index in [0.717, 1.165) is 0 Å². The zero-order valence-electron chi connectivity index (χ0n) is 25.7. The van der Waals surface area contributed by atoms with Crippen molar-refractivity contribution >= 4 is 44.1 Å². The Hall–Kier alpha value is -3.87. The molecule has 0 saturated carbocycles. The highest BCUT2D eigenvalue weighted by atomic mass is 31.2. The van der Waals surface area contributed by atoms with Gasteiger partial charge in [0.2, 0.25) is 0 Å². The summed E-state index contributed by atoms with van der Waals surface area (Å²) >= 11 is 0. The predicted octanol–water partition coefficient (Wildman–Crippen LogP) is 1.90. The SMILES string of the molecule is Cc1ncnc2c1ncn2[C@@H]1O[C@H](CO)[C@@H](OP(=O)(OCCC#N)OC[C@H]2O[C@@H](n3cnc4c3ncn3ccnc43)[C@H](F)[C@@H]2O[PH](=O)O)[C@H]1F. The molecule has 0 amide bonds. The van der Waals surface area contributed by atoms with E-state index in [9.17, 15) is 19.1 Å². The van der Waals surface area contributed by atoms with E-state index in [1.165, 1.54) is 40.6 Å². The number of phosphoric acid groups is 1. The molecule has 2 saturated heterocycles. The number of aryl methyl sites for hydroxylation is 1. The molecule has 7 heterocycles. The molecule has 2 aliphatic heterocycles. The minimum atomic E-state index is -4.88. The summed E-state index contributed by atoms with van der Waals surface area (Å²) in [4.78, 5) is 34.7. The lowest BCUT2D eigenvalue weighted by Gasteiger charge is -2.26. The lowest BCUT2D eigenvalue weighted by atomic mass is 10.1. The third-order valence-corrected chi connectivity index (χ3v) is 10.0. The van der Waals surface area contributed by atoms with E-state index in [1.807, 2.05) is 0 Å². The highest BCUT2D eigenvalue weighted by Crippen LogP contribution is 2.54. The fourth-order valence-corrected chi connectivity index (χ4v) is 7.71. The van der Waals surface area contributed by atoms with Gasteiger partial charge in [-0.3, -0.25) is 31.7 Å². The van der Waals surface area contributed by atoms with E-state index in [1.54, 1.807) is 23.6 Å². The van der Waals surface area contributed by atoms with Crippen molar-refractivity contribution in [3.8, 4) is 6.07 Å². The molecule has 2 unspecified atom stereocenters. The minimum absolute atomic E-state index is 0.175. The topological polar surface area (TPSA) is 245 Å². The van der Waals surface area contributed by atoms with Gasteiger partial charge in [0.25, 0.3) is 0 Å². The summed E-state index contributed by atoms with van der Waals surface area (Å²) in [6.45, 7) is -0.421. The van der Waals surface area contributed by atoms with Gasteiger partial charge < -0.3 is 24.0 Å². The van der Waals surface area contributed by atoms with E-state index < -0.39 is 85.1 Å². The Bertz CT molecular complexity index is 2130. The molecular weight excluding hydrogens is 712 g/mol. The number of nitriles is 1. The number of hydrogen-bond donors (Lipinski definition) is 2. The molecule has 0 spiro atoms. The Morgan fingerprint density at radius 2 is 1.66 bits per heavy atom. The van der Waals surface area contributed by atoms with Gasteiger partial charge in [0.05, 0.1) is 50.7 Å². The average Bonchev–Trinajstić information content (AvgIpc) is 3.92. The van der Waals surface area contributed by atoms with Gasteiger partial charge in [-0.2, -0.15) is 5.26 Å². The average molecular weight is 741 g/mol. The van der Waals surface area contributed by atoms with Crippen LogP contribution >= 0.6 is 16.1 Å². The normalized spacial score (nSPS) is 28.8. The maximum Gasteiger partial charge on any atom is 0.475 e. The van der Waals surface area contributed by atoms with Crippen LogP contribution in [-0.4, -0.2) is 110 Å². The first-order chi connectivity index (χ1) is 24.1. The van der Waals surface area contributed by atoms with Gasteiger partial charge in [-0.05, 0) is 6.92 Å². The predicted molar refractivity (Wildman–Crippen MR) is 162 cm³/mol. The Kier molecular flexibility index (Phi) is 9.71.